The lowest BCUT2D eigenvalue weighted by Crippen LogP contribution is -2.33. The monoisotopic (exact) mass is 376 g/mol. The van der Waals surface area contributed by atoms with E-state index in [0.717, 1.165) is 10.2 Å². The van der Waals surface area contributed by atoms with E-state index in [1.807, 2.05) is 0 Å². The Hall–Kier alpha value is -0.0200. The van der Waals surface area contributed by atoms with Gasteiger partial charge in [-0.2, -0.15) is 0 Å². The average molecular weight is 378 g/mol. The van der Waals surface area contributed by atoms with Crippen LogP contribution in [0.25, 0.3) is 0 Å². The molecule has 4 heteroatoms. The molecule has 0 aliphatic carbocycles. The van der Waals surface area contributed by atoms with Gasteiger partial charge in [0.1, 0.15) is 0 Å². The Morgan fingerprint density at radius 2 is 1.89 bits per heavy atom. The minimum Gasteiger partial charge on any atom is -0.133 e. The Balaban J connectivity index is 2.37. The van der Waals surface area contributed by atoms with Crippen molar-refractivity contribution in [2.75, 3.05) is 11.8 Å². The number of thiophene rings is 1. The van der Waals surface area contributed by atoms with Gasteiger partial charge in [0.05, 0.1) is 3.79 Å². The van der Waals surface area contributed by atoms with Crippen LogP contribution in [0.3, 0.4) is 0 Å². The third-order valence-corrected chi connectivity index (χ3v) is 5.93. The van der Waals surface area contributed by atoms with E-state index in [0.29, 0.717) is 11.8 Å². The first kappa shape index (κ1) is 15.4. The molecule has 0 nitrogen and oxygen atoms in total. The number of benzene rings is 1. The highest BCUT2D eigenvalue weighted by molar-refractivity contribution is 9.11. The molecule has 0 N–H and O–H groups in total. The quantitative estimate of drug-likeness (QED) is 0.579. The maximum atomic E-state index is 6.28. The highest BCUT2D eigenvalue weighted by Gasteiger charge is 2.31. The average Bonchev–Trinajstić information content (AvgIpc) is 2.81. The van der Waals surface area contributed by atoms with Gasteiger partial charge in [0.15, 0.2) is 0 Å². The topological polar surface area (TPSA) is 0 Å². The molecular formula is C15H15BrCl2S. The first-order valence-electron chi connectivity index (χ1n) is 6.03. The fourth-order valence-electron chi connectivity index (χ4n) is 2.14. The summed E-state index contributed by atoms with van der Waals surface area (Å²) in [7, 11) is 0. The molecule has 0 amide bonds. The molecule has 0 fully saturated rings. The second-order valence-corrected chi connectivity index (χ2v) is 7.88. The van der Waals surface area contributed by atoms with Crippen molar-refractivity contribution in [2.45, 2.75) is 18.8 Å². The fraction of sp³-hybridized carbons (Fsp3) is 0.333. The summed E-state index contributed by atoms with van der Waals surface area (Å²) in [5, 5.41) is 0. The molecule has 2 rings (SSSR count). The number of rotatable bonds is 5. The molecule has 0 radical (unpaired) electrons. The standard InChI is InChI=1S/C15H15BrCl2S/c1-11-3-2-4-12(7-11)15(9-17,10-18)8-13-5-6-14(16)19-13/h2-7H,8-10H2,1H3. The van der Waals surface area contributed by atoms with Crippen LogP contribution in [0.1, 0.15) is 16.0 Å². The van der Waals surface area contributed by atoms with E-state index < -0.39 is 0 Å². The molecule has 0 bridgehead atoms. The van der Waals surface area contributed by atoms with Crippen molar-refractivity contribution in [2.24, 2.45) is 0 Å². The molecule has 0 aliphatic heterocycles. The van der Waals surface area contributed by atoms with Crippen LogP contribution >= 0.6 is 50.5 Å². The molecule has 0 atom stereocenters. The van der Waals surface area contributed by atoms with Crippen LogP contribution in [-0.2, 0) is 11.8 Å². The van der Waals surface area contributed by atoms with Gasteiger partial charge in [0.25, 0.3) is 0 Å². The highest BCUT2D eigenvalue weighted by Crippen LogP contribution is 2.35. The Morgan fingerprint density at radius 1 is 1.16 bits per heavy atom. The predicted molar refractivity (Wildman–Crippen MR) is 90.0 cm³/mol. The van der Waals surface area contributed by atoms with Crippen molar-refractivity contribution in [1.82, 2.24) is 0 Å². The smallest absolute Gasteiger partial charge is 0.0701 e. The summed E-state index contributed by atoms with van der Waals surface area (Å²) >= 11 is 17.8. The highest BCUT2D eigenvalue weighted by atomic mass is 79.9. The summed E-state index contributed by atoms with van der Waals surface area (Å²) in [6, 6.07) is 12.7. The Kier molecular flexibility index (Phi) is 5.36. The van der Waals surface area contributed by atoms with Gasteiger partial charge in [-0.15, -0.1) is 34.5 Å². The number of alkyl halides is 2. The lowest BCUT2D eigenvalue weighted by Gasteiger charge is -2.30. The van der Waals surface area contributed by atoms with Crippen LogP contribution in [-0.4, -0.2) is 11.8 Å². The van der Waals surface area contributed by atoms with Crippen LogP contribution in [0.2, 0.25) is 0 Å². The van der Waals surface area contributed by atoms with Crippen molar-refractivity contribution < 1.29 is 0 Å². The summed E-state index contributed by atoms with van der Waals surface area (Å²) in [5.74, 6) is 1.05. The first-order valence-corrected chi connectivity index (χ1v) is 8.71. The zero-order chi connectivity index (χ0) is 13.9. The van der Waals surface area contributed by atoms with Gasteiger partial charge in [-0.3, -0.25) is 0 Å². The minimum atomic E-state index is -0.195. The summed E-state index contributed by atoms with van der Waals surface area (Å²) in [6.07, 6.45) is 0.875. The number of hydrogen-bond donors (Lipinski definition) is 0. The minimum absolute atomic E-state index is 0.195. The SMILES string of the molecule is Cc1cccc(C(CCl)(CCl)Cc2ccc(Br)s2)c1. The van der Waals surface area contributed by atoms with Crippen LogP contribution < -0.4 is 0 Å². The third-order valence-electron chi connectivity index (χ3n) is 3.28. The lowest BCUT2D eigenvalue weighted by molar-refractivity contribution is 0.540. The third kappa shape index (κ3) is 3.55. The van der Waals surface area contributed by atoms with Gasteiger partial charge in [0.2, 0.25) is 0 Å². The van der Waals surface area contributed by atoms with Crippen molar-refractivity contribution in [3.8, 4) is 0 Å². The molecule has 102 valence electrons. The summed E-state index contributed by atoms with van der Waals surface area (Å²) in [4.78, 5) is 1.30. The molecule has 0 unspecified atom stereocenters. The van der Waals surface area contributed by atoms with Crippen molar-refractivity contribution in [3.63, 3.8) is 0 Å². The molecule has 1 aromatic heterocycles. The maximum absolute atomic E-state index is 6.28. The number of hydrogen-bond acceptors (Lipinski definition) is 1. The van der Waals surface area contributed by atoms with Gasteiger partial charge < -0.3 is 0 Å². The Morgan fingerprint density at radius 3 is 2.42 bits per heavy atom. The van der Waals surface area contributed by atoms with Gasteiger partial charge in [-0.25, -0.2) is 0 Å². The second kappa shape index (κ2) is 6.62. The maximum Gasteiger partial charge on any atom is 0.0701 e. The van der Waals surface area contributed by atoms with E-state index in [1.165, 1.54) is 16.0 Å². The van der Waals surface area contributed by atoms with Gasteiger partial charge in [0, 0.05) is 22.1 Å². The number of aryl methyl sites for hydroxylation is 1. The normalized spacial score (nSPS) is 11.8. The largest absolute Gasteiger partial charge is 0.133 e. The molecule has 0 spiro atoms. The van der Waals surface area contributed by atoms with E-state index in [-0.39, 0.29) is 5.41 Å². The van der Waals surface area contributed by atoms with Crippen LogP contribution in [0.5, 0.6) is 0 Å². The summed E-state index contributed by atoms with van der Waals surface area (Å²) in [5.41, 5.74) is 2.27. The van der Waals surface area contributed by atoms with Gasteiger partial charge in [-0.05, 0) is 47.0 Å². The molecule has 2 aromatic rings. The zero-order valence-corrected chi connectivity index (χ0v) is 14.5. The molecule has 1 aromatic carbocycles. The number of halogens is 3. The van der Waals surface area contributed by atoms with E-state index >= 15 is 0 Å². The van der Waals surface area contributed by atoms with Crippen LogP contribution in [0.15, 0.2) is 40.2 Å². The van der Waals surface area contributed by atoms with Crippen molar-refractivity contribution in [3.05, 3.63) is 56.2 Å². The zero-order valence-electron chi connectivity index (χ0n) is 10.6. The van der Waals surface area contributed by atoms with Crippen LogP contribution in [0.4, 0.5) is 0 Å². The first-order chi connectivity index (χ1) is 9.09. The second-order valence-electron chi connectivity index (χ2n) is 4.80. The molecule has 0 saturated carbocycles. The predicted octanol–water partition coefficient (Wildman–Crippen LogP) is 5.78. The van der Waals surface area contributed by atoms with E-state index in [2.05, 4.69) is 59.3 Å². The summed E-state index contributed by atoms with van der Waals surface area (Å²) in [6.45, 7) is 2.10. The van der Waals surface area contributed by atoms with Crippen LogP contribution in [0, 0.1) is 6.92 Å². The fourth-order valence-corrected chi connectivity index (χ4v) is 4.55. The van der Waals surface area contributed by atoms with E-state index in [9.17, 15) is 0 Å². The summed E-state index contributed by atoms with van der Waals surface area (Å²) < 4.78 is 1.14. The molecule has 19 heavy (non-hydrogen) atoms. The molecule has 1 heterocycles. The molecule has 0 saturated heterocycles. The van der Waals surface area contributed by atoms with Crippen molar-refractivity contribution >= 4 is 50.5 Å². The Labute approximate surface area is 136 Å². The van der Waals surface area contributed by atoms with Crippen molar-refractivity contribution in [1.29, 1.82) is 0 Å². The Bertz CT molecular complexity index is 547. The van der Waals surface area contributed by atoms with Gasteiger partial charge in [-0.1, -0.05) is 29.8 Å². The van der Waals surface area contributed by atoms with Gasteiger partial charge >= 0.3 is 0 Å². The molecule has 0 aliphatic rings. The van der Waals surface area contributed by atoms with E-state index in [4.69, 9.17) is 23.2 Å². The molecular weight excluding hydrogens is 363 g/mol. The van der Waals surface area contributed by atoms with E-state index in [1.54, 1.807) is 11.3 Å². The lowest BCUT2D eigenvalue weighted by atomic mass is 9.80.